The minimum absolute atomic E-state index is 0.0161. The second kappa shape index (κ2) is 7.05. The first-order valence-corrected chi connectivity index (χ1v) is 8.31. The quantitative estimate of drug-likeness (QED) is 0.935. The van der Waals surface area contributed by atoms with Crippen molar-refractivity contribution in [1.29, 1.82) is 0 Å². The van der Waals surface area contributed by atoms with Gasteiger partial charge in [0.25, 0.3) is 0 Å². The molecule has 3 rings (SSSR count). The van der Waals surface area contributed by atoms with Gasteiger partial charge in [-0.3, -0.25) is 9.69 Å². The molecule has 0 bridgehead atoms. The van der Waals surface area contributed by atoms with Gasteiger partial charge in [0.2, 0.25) is 5.91 Å². The number of hydrogen-bond acceptors (Lipinski definition) is 3. The molecule has 0 aromatic heterocycles. The molecule has 4 nitrogen and oxygen atoms in total. The van der Waals surface area contributed by atoms with Crippen LogP contribution in [0.1, 0.15) is 29.2 Å². The first-order chi connectivity index (χ1) is 11.6. The molecule has 24 heavy (non-hydrogen) atoms. The Hall–Kier alpha value is -2.33. The predicted molar refractivity (Wildman–Crippen MR) is 96.3 cm³/mol. The summed E-state index contributed by atoms with van der Waals surface area (Å²) in [5, 5.41) is 2.94. The van der Waals surface area contributed by atoms with Crippen LogP contribution < -0.4 is 10.1 Å². The SMILES string of the molecule is COc1cc(CN2CCc3c(cccc3NC(C)=O)C2)ccc1C. The van der Waals surface area contributed by atoms with Gasteiger partial charge in [-0.2, -0.15) is 0 Å². The lowest BCUT2D eigenvalue weighted by molar-refractivity contribution is -0.114. The molecule has 1 heterocycles. The summed E-state index contributed by atoms with van der Waals surface area (Å²) in [6, 6.07) is 12.6. The molecule has 1 aliphatic rings. The maximum Gasteiger partial charge on any atom is 0.221 e. The summed E-state index contributed by atoms with van der Waals surface area (Å²) in [6.07, 6.45) is 0.953. The highest BCUT2D eigenvalue weighted by Crippen LogP contribution is 2.28. The van der Waals surface area contributed by atoms with E-state index in [-0.39, 0.29) is 5.91 Å². The van der Waals surface area contributed by atoms with Gasteiger partial charge in [-0.05, 0) is 47.7 Å². The topological polar surface area (TPSA) is 41.6 Å². The van der Waals surface area contributed by atoms with E-state index in [1.165, 1.54) is 16.7 Å². The van der Waals surface area contributed by atoms with Crippen molar-refractivity contribution >= 4 is 11.6 Å². The molecule has 0 aliphatic carbocycles. The highest BCUT2D eigenvalue weighted by molar-refractivity contribution is 5.89. The van der Waals surface area contributed by atoms with E-state index in [4.69, 9.17) is 4.74 Å². The number of ether oxygens (including phenoxy) is 1. The number of methoxy groups -OCH3 is 1. The molecule has 0 saturated heterocycles. The fourth-order valence-corrected chi connectivity index (χ4v) is 3.33. The van der Waals surface area contributed by atoms with Crippen molar-refractivity contribution in [3.63, 3.8) is 0 Å². The lowest BCUT2D eigenvalue weighted by Crippen LogP contribution is -2.30. The summed E-state index contributed by atoms with van der Waals surface area (Å²) >= 11 is 0. The lowest BCUT2D eigenvalue weighted by atomic mass is 9.97. The van der Waals surface area contributed by atoms with Crippen molar-refractivity contribution in [3.05, 3.63) is 58.7 Å². The van der Waals surface area contributed by atoms with Gasteiger partial charge in [0.15, 0.2) is 0 Å². The van der Waals surface area contributed by atoms with Crippen molar-refractivity contribution in [2.75, 3.05) is 19.0 Å². The van der Waals surface area contributed by atoms with Crippen LogP contribution in [-0.2, 0) is 24.3 Å². The number of rotatable bonds is 4. The normalized spacial score (nSPS) is 14.1. The monoisotopic (exact) mass is 324 g/mol. The summed E-state index contributed by atoms with van der Waals surface area (Å²) in [6.45, 7) is 6.40. The molecule has 0 radical (unpaired) electrons. The van der Waals surface area contributed by atoms with E-state index >= 15 is 0 Å². The minimum atomic E-state index is -0.0161. The van der Waals surface area contributed by atoms with Crippen LogP contribution in [0.4, 0.5) is 5.69 Å². The molecular formula is C20H24N2O2. The zero-order chi connectivity index (χ0) is 17.1. The van der Waals surface area contributed by atoms with E-state index in [1.54, 1.807) is 14.0 Å². The second-order valence-electron chi connectivity index (χ2n) is 6.39. The van der Waals surface area contributed by atoms with E-state index in [0.717, 1.165) is 43.1 Å². The van der Waals surface area contributed by atoms with Crippen molar-refractivity contribution in [3.8, 4) is 5.75 Å². The van der Waals surface area contributed by atoms with E-state index in [2.05, 4.69) is 41.4 Å². The van der Waals surface area contributed by atoms with Gasteiger partial charge < -0.3 is 10.1 Å². The zero-order valence-electron chi connectivity index (χ0n) is 14.6. The maximum atomic E-state index is 11.4. The van der Waals surface area contributed by atoms with Crippen molar-refractivity contribution in [1.82, 2.24) is 4.90 Å². The third-order valence-electron chi connectivity index (χ3n) is 4.53. The van der Waals surface area contributed by atoms with Crippen LogP contribution in [0.25, 0.3) is 0 Å². The van der Waals surface area contributed by atoms with Gasteiger partial charge in [-0.1, -0.05) is 24.3 Å². The largest absolute Gasteiger partial charge is 0.496 e. The number of anilines is 1. The zero-order valence-corrected chi connectivity index (χ0v) is 14.6. The number of nitrogens with one attached hydrogen (secondary N) is 1. The summed E-state index contributed by atoms with van der Waals surface area (Å²) < 4.78 is 5.43. The summed E-state index contributed by atoms with van der Waals surface area (Å²) in [5.41, 5.74) is 5.94. The van der Waals surface area contributed by atoms with Crippen LogP contribution in [-0.4, -0.2) is 24.5 Å². The van der Waals surface area contributed by atoms with Gasteiger partial charge in [-0.25, -0.2) is 0 Å². The molecule has 0 unspecified atom stereocenters. The molecule has 2 aromatic carbocycles. The average Bonchev–Trinajstić information content (AvgIpc) is 2.56. The number of nitrogens with zero attached hydrogens (tertiary/aromatic N) is 1. The third-order valence-corrected chi connectivity index (χ3v) is 4.53. The Labute approximate surface area is 143 Å². The van der Waals surface area contributed by atoms with Crippen LogP contribution in [0.5, 0.6) is 5.75 Å². The number of carbonyl (C=O) groups is 1. The smallest absolute Gasteiger partial charge is 0.221 e. The Morgan fingerprint density at radius 3 is 2.88 bits per heavy atom. The van der Waals surface area contributed by atoms with Crippen LogP contribution in [0.2, 0.25) is 0 Å². The Morgan fingerprint density at radius 2 is 2.12 bits per heavy atom. The molecule has 126 valence electrons. The van der Waals surface area contributed by atoms with E-state index in [0.29, 0.717) is 0 Å². The van der Waals surface area contributed by atoms with Gasteiger partial charge in [0.1, 0.15) is 5.75 Å². The Morgan fingerprint density at radius 1 is 1.29 bits per heavy atom. The van der Waals surface area contributed by atoms with Gasteiger partial charge in [0, 0.05) is 32.2 Å². The predicted octanol–water partition coefficient (Wildman–Crippen LogP) is 3.52. The molecule has 1 aliphatic heterocycles. The van der Waals surface area contributed by atoms with E-state index in [9.17, 15) is 4.79 Å². The molecule has 1 N–H and O–H groups in total. The van der Waals surface area contributed by atoms with E-state index in [1.807, 2.05) is 12.1 Å². The highest BCUT2D eigenvalue weighted by Gasteiger charge is 2.19. The molecule has 1 amide bonds. The van der Waals surface area contributed by atoms with Crippen molar-refractivity contribution in [2.45, 2.75) is 33.4 Å². The second-order valence-corrected chi connectivity index (χ2v) is 6.39. The maximum absolute atomic E-state index is 11.4. The van der Waals surface area contributed by atoms with Gasteiger partial charge in [-0.15, -0.1) is 0 Å². The number of aryl methyl sites for hydroxylation is 1. The molecule has 0 spiro atoms. The fraction of sp³-hybridized carbons (Fsp3) is 0.350. The van der Waals surface area contributed by atoms with Crippen LogP contribution in [0.15, 0.2) is 36.4 Å². The average molecular weight is 324 g/mol. The molecular weight excluding hydrogens is 300 g/mol. The molecule has 2 aromatic rings. The van der Waals surface area contributed by atoms with Gasteiger partial charge >= 0.3 is 0 Å². The molecule has 0 saturated carbocycles. The molecule has 0 atom stereocenters. The van der Waals surface area contributed by atoms with E-state index < -0.39 is 0 Å². The first-order valence-electron chi connectivity index (χ1n) is 8.31. The Bertz CT molecular complexity index is 755. The van der Waals surface area contributed by atoms with Crippen molar-refractivity contribution < 1.29 is 9.53 Å². The Kier molecular flexibility index (Phi) is 4.86. The molecule has 4 heteroatoms. The number of amides is 1. The Balaban J connectivity index is 1.75. The number of carbonyl (C=O) groups excluding carboxylic acids is 1. The number of benzene rings is 2. The number of fused-ring (bicyclic) bond motifs is 1. The number of hydrogen-bond donors (Lipinski definition) is 1. The summed E-state index contributed by atoms with van der Waals surface area (Å²) in [5.74, 6) is 0.926. The summed E-state index contributed by atoms with van der Waals surface area (Å²) in [7, 11) is 1.72. The highest BCUT2D eigenvalue weighted by atomic mass is 16.5. The van der Waals surface area contributed by atoms with Crippen LogP contribution in [0.3, 0.4) is 0 Å². The molecule has 0 fully saturated rings. The van der Waals surface area contributed by atoms with Crippen LogP contribution >= 0.6 is 0 Å². The van der Waals surface area contributed by atoms with Gasteiger partial charge in [0.05, 0.1) is 7.11 Å². The third kappa shape index (κ3) is 3.60. The van der Waals surface area contributed by atoms with Crippen molar-refractivity contribution in [2.24, 2.45) is 0 Å². The first kappa shape index (κ1) is 16.5. The standard InChI is InChI=1S/C20H24N2O2/c1-14-7-8-16(11-20(14)24-3)12-22-10-9-18-17(13-22)5-4-6-19(18)21-15(2)23/h4-8,11H,9-10,12-13H2,1-3H3,(H,21,23). The summed E-state index contributed by atoms with van der Waals surface area (Å²) in [4.78, 5) is 13.8. The fourth-order valence-electron chi connectivity index (χ4n) is 3.33. The minimum Gasteiger partial charge on any atom is -0.496 e. The van der Waals surface area contributed by atoms with Crippen LogP contribution in [0, 0.1) is 6.92 Å². The lowest BCUT2D eigenvalue weighted by Gasteiger charge is -2.30.